The van der Waals surface area contributed by atoms with E-state index in [0.29, 0.717) is 0 Å². The van der Waals surface area contributed by atoms with Gasteiger partial charge in [-0.3, -0.25) is 0 Å². The summed E-state index contributed by atoms with van der Waals surface area (Å²) in [6.45, 7) is 1.03. The maximum absolute atomic E-state index is 5.48. The molecule has 0 saturated heterocycles. The molecule has 0 radical (unpaired) electrons. The van der Waals surface area contributed by atoms with Crippen molar-refractivity contribution < 1.29 is 9.47 Å². The first kappa shape index (κ1) is 13.8. The first-order valence-electron chi connectivity index (χ1n) is 7.41. The van der Waals surface area contributed by atoms with Crippen molar-refractivity contribution in [1.82, 2.24) is 0 Å². The van der Waals surface area contributed by atoms with Crippen molar-refractivity contribution >= 4 is 11.4 Å². The van der Waals surface area contributed by atoms with Crippen molar-refractivity contribution in [3.63, 3.8) is 0 Å². The molecule has 0 unspecified atom stereocenters. The Morgan fingerprint density at radius 1 is 0.905 bits per heavy atom. The molecule has 3 rings (SSSR count). The average molecular weight is 283 g/mol. The number of anilines is 2. The van der Waals surface area contributed by atoms with Gasteiger partial charge in [0.05, 0.1) is 14.2 Å². The number of hydrogen-bond donors (Lipinski definition) is 0. The SMILES string of the molecule is COc1cc2c(cc1OC)N(c1ccccc1)CCCC2. The van der Waals surface area contributed by atoms with Crippen LogP contribution in [0, 0.1) is 0 Å². The minimum atomic E-state index is 0.791. The van der Waals surface area contributed by atoms with E-state index < -0.39 is 0 Å². The molecule has 2 aromatic rings. The third kappa shape index (κ3) is 2.68. The van der Waals surface area contributed by atoms with Gasteiger partial charge in [0.15, 0.2) is 11.5 Å². The minimum absolute atomic E-state index is 0.791. The third-order valence-electron chi connectivity index (χ3n) is 4.02. The molecule has 0 fully saturated rings. The fourth-order valence-corrected chi connectivity index (χ4v) is 2.94. The number of nitrogens with zero attached hydrogens (tertiary/aromatic N) is 1. The molecule has 0 amide bonds. The van der Waals surface area contributed by atoms with Crippen LogP contribution in [0.25, 0.3) is 0 Å². The molecular formula is C18H21NO2. The number of methoxy groups -OCH3 is 2. The van der Waals surface area contributed by atoms with Crippen molar-refractivity contribution in [2.75, 3.05) is 25.7 Å². The second-order valence-electron chi connectivity index (χ2n) is 5.28. The van der Waals surface area contributed by atoms with Gasteiger partial charge in [-0.1, -0.05) is 18.2 Å². The maximum atomic E-state index is 5.48. The van der Waals surface area contributed by atoms with Gasteiger partial charge in [-0.15, -0.1) is 0 Å². The smallest absolute Gasteiger partial charge is 0.162 e. The van der Waals surface area contributed by atoms with E-state index in [9.17, 15) is 0 Å². The largest absolute Gasteiger partial charge is 0.493 e. The lowest BCUT2D eigenvalue weighted by Gasteiger charge is -2.26. The topological polar surface area (TPSA) is 21.7 Å². The van der Waals surface area contributed by atoms with Crippen LogP contribution in [0.5, 0.6) is 11.5 Å². The molecule has 21 heavy (non-hydrogen) atoms. The normalized spacial score (nSPS) is 14.3. The average Bonchev–Trinajstić information content (AvgIpc) is 2.76. The highest BCUT2D eigenvalue weighted by atomic mass is 16.5. The van der Waals surface area contributed by atoms with Gasteiger partial charge in [0.2, 0.25) is 0 Å². The summed E-state index contributed by atoms with van der Waals surface area (Å²) in [6, 6.07) is 14.8. The molecule has 0 N–H and O–H groups in total. The molecule has 3 nitrogen and oxygen atoms in total. The van der Waals surface area contributed by atoms with Gasteiger partial charge >= 0.3 is 0 Å². The molecule has 0 bridgehead atoms. The van der Waals surface area contributed by atoms with E-state index in [2.05, 4.69) is 47.4 Å². The molecular weight excluding hydrogens is 262 g/mol. The number of ether oxygens (including phenoxy) is 2. The second-order valence-corrected chi connectivity index (χ2v) is 5.28. The highest BCUT2D eigenvalue weighted by Gasteiger charge is 2.20. The summed E-state index contributed by atoms with van der Waals surface area (Å²) in [5.74, 6) is 1.60. The van der Waals surface area contributed by atoms with Crippen LogP contribution in [0.2, 0.25) is 0 Å². The standard InChI is InChI=1S/C18H21NO2/c1-20-17-12-14-8-6-7-11-19(15-9-4-3-5-10-15)16(14)13-18(17)21-2/h3-5,9-10,12-13H,6-8,11H2,1-2H3. The zero-order valence-corrected chi connectivity index (χ0v) is 12.6. The van der Waals surface area contributed by atoms with Gasteiger partial charge in [-0.2, -0.15) is 0 Å². The van der Waals surface area contributed by atoms with Gasteiger partial charge in [0.1, 0.15) is 0 Å². The van der Waals surface area contributed by atoms with Gasteiger partial charge < -0.3 is 14.4 Å². The maximum Gasteiger partial charge on any atom is 0.162 e. The number of para-hydroxylation sites is 1. The Morgan fingerprint density at radius 2 is 1.62 bits per heavy atom. The third-order valence-corrected chi connectivity index (χ3v) is 4.02. The lowest BCUT2D eigenvalue weighted by atomic mass is 10.1. The lowest BCUT2D eigenvalue weighted by Crippen LogP contribution is -2.17. The van der Waals surface area contributed by atoms with Crippen molar-refractivity contribution in [3.05, 3.63) is 48.0 Å². The molecule has 0 spiro atoms. The number of benzene rings is 2. The Labute approximate surface area is 126 Å². The van der Waals surface area contributed by atoms with Crippen molar-refractivity contribution in [3.8, 4) is 11.5 Å². The predicted octanol–water partition coefficient (Wildman–Crippen LogP) is 4.18. The van der Waals surface area contributed by atoms with Crippen LogP contribution in [0.1, 0.15) is 18.4 Å². The molecule has 0 atom stereocenters. The summed E-state index contributed by atoms with van der Waals surface area (Å²) in [4.78, 5) is 2.38. The first-order valence-corrected chi connectivity index (χ1v) is 7.41. The van der Waals surface area contributed by atoms with Crippen molar-refractivity contribution in [2.24, 2.45) is 0 Å². The molecule has 0 aliphatic carbocycles. The Morgan fingerprint density at radius 3 is 2.33 bits per heavy atom. The van der Waals surface area contributed by atoms with Gasteiger partial charge in [0, 0.05) is 24.0 Å². The Bertz CT molecular complexity index is 610. The van der Waals surface area contributed by atoms with Gasteiger partial charge in [-0.25, -0.2) is 0 Å². The molecule has 3 heteroatoms. The molecule has 0 aromatic heterocycles. The minimum Gasteiger partial charge on any atom is -0.493 e. The molecule has 1 aliphatic rings. The van der Waals surface area contributed by atoms with Gasteiger partial charge in [-0.05, 0) is 43.0 Å². The van der Waals surface area contributed by atoms with Crippen LogP contribution in [0.15, 0.2) is 42.5 Å². The summed E-state index contributed by atoms with van der Waals surface area (Å²) in [5, 5.41) is 0. The molecule has 1 heterocycles. The Kier molecular flexibility index (Phi) is 4.00. The number of hydrogen-bond acceptors (Lipinski definition) is 3. The van der Waals surface area contributed by atoms with Gasteiger partial charge in [0.25, 0.3) is 0 Å². The Hall–Kier alpha value is -2.16. The zero-order chi connectivity index (χ0) is 14.7. The summed E-state index contributed by atoms with van der Waals surface area (Å²) >= 11 is 0. The summed E-state index contributed by atoms with van der Waals surface area (Å²) < 4.78 is 10.9. The van der Waals surface area contributed by atoms with E-state index in [1.54, 1.807) is 14.2 Å². The lowest BCUT2D eigenvalue weighted by molar-refractivity contribution is 0.354. The Balaban J connectivity index is 2.10. The van der Waals surface area contributed by atoms with E-state index in [4.69, 9.17) is 9.47 Å². The highest BCUT2D eigenvalue weighted by molar-refractivity contribution is 5.70. The predicted molar refractivity (Wildman–Crippen MR) is 85.9 cm³/mol. The van der Waals surface area contributed by atoms with Crippen LogP contribution < -0.4 is 14.4 Å². The zero-order valence-electron chi connectivity index (χ0n) is 12.6. The monoisotopic (exact) mass is 283 g/mol. The summed E-state index contributed by atoms with van der Waals surface area (Å²) in [7, 11) is 3.38. The van der Waals surface area contributed by atoms with Crippen LogP contribution >= 0.6 is 0 Å². The molecule has 1 aliphatic heterocycles. The number of aryl methyl sites for hydroxylation is 1. The molecule has 0 saturated carbocycles. The van der Waals surface area contributed by atoms with E-state index in [1.807, 2.05) is 0 Å². The van der Waals surface area contributed by atoms with Crippen LogP contribution in [0.4, 0.5) is 11.4 Å². The molecule has 2 aromatic carbocycles. The van der Waals surface area contributed by atoms with E-state index in [-0.39, 0.29) is 0 Å². The number of rotatable bonds is 3. The summed E-state index contributed by atoms with van der Waals surface area (Å²) in [5.41, 5.74) is 3.79. The fraction of sp³-hybridized carbons (Fsp3) is 0.333. The number of fused-ring (bicyclic) bond motifs is 1. The van der Waals surface area contributed by atoms with Crippen LogP contribution in [-0.4, -0.2) is 20.8 Å². The highest BCUT2D eigenvalue weighted by Crippen LogP contribution is 2.40. The van der Waals surface area contributed by atoms with Crippen LogP contribution in [0.3, 0.4) is 0 Å². The van der Waals surface area contributed by atoms with Crippen molar-refractivity contribution in [1.29, 1.82) is 0 Å². The summed E-state index contributed by atoms with van der Waals surface area (Å²) in [6.07, 6.45) is 3.47. The quantitative estimate of drug-likeness (QED) is 0.843. The first-order chi connectivity index (χ1) is 10.3. The van der Waals surface area contributed by atoms with E-state index in [1.165, 1.54) is 29.8 Å². The van der Waals surface area contributed by atoms with Crippen molar-refractivity contribution in [2.45, 2.75) is 19.3 Å². The fourth-order valence-electron chi connectivity index (χ4n) is 2.94. The second kappa shape index (κ2) is 6.08. The van der Waals surface area contributed by atoms with Crippen LogP contribution in [-0.2, 0) is 6.42 Å². The molecule has 110 valence electrons. The van der Waals surface area contributed by atoms with E-state index >= 15 is 0 Å². The van der Waals surface area contributed by atoms with E-state index in [0.717, 1.165) is 24.5 Å².